The summed E-state index contributed by atoms with van der Waals surface area (Å²) in [5.41, 5.74) is 2.32. The van der Waals surface area contributed by atoms with Gasteiger partial charge in [-0.1, -0.05) is 53.5 Å². The second kappa shape index (κ2) is 12.9. The van der Waals surface area contributed by atoms with Gasteiger partial charge in [0.15, 0.2) is 0 Å². The smallest absolute Gasteiger partial charge is 0.354 e. The summed E-state index contributed by atoms with van der Waals surface area (Å²) in [6.45, 7) is 0.190. The van der Waals surface area contributed by atoms with E-state index in [1.807, 2.05) is 65.6 Å². The third kappa shape index (κ3) is 5.44. The second-order valence-electron chi connectivity index (χ2n) is 11.3. The maximum absolute atomic E-state index is 13.4. The van der Waals surface area contributed by atoms with E-state index in [2.05, 4.69) is 15.3 Å². The summed E-state index contributed by atoms with van der Waals surface area (Å²) in [5.74, 6) is 1.12. The number of anilines is 2. The number of halogens is 2. The van der Waals surface area contributed by atoms with Crippen LogP contribution in [0.2, 0.25) is 10.0 Å². The number of para-hydroxylation sites is 1. The van der Waals surface area contributed by atoms with Crippen molar-refractivity contribution in [2.45, 2.75) is 12.0 Å². The summed E-state index contributed by atoms with van der Waals surface area (Å²) in [6.07, 6.45) is 0. The molecule has 0 amide bonds. The Kier molecular flexibility index (Phi) is 8.52. The maximum atomic E-state index is 13.4. The molecule has 11 nitrogen and oxygen atoms in total. The Bertz CT molecular complexity index is 2280. The van der Waals surface area contributed by atoms with Crippen LogP contribution in [0.25, 0.3) is 33.2 Å². The molecule has 4 aromatic carbocycles. The number of benzene rings is 4. The molecule has 3 heterocycles. The van der Waals surface area contributed by atoms with Gasteiger partial charge in [-0.3, -0.25) is 9.13 Å². The summed E-state index contributed by atoms with van der Waals surface area (Å²) in [4.78, 5) is 37.4. The highest BCUT2D eigenvalue weighted by Crippen LogP contribution is 2.40. The van der Waals surface area contributed by atoms with Crippen LogP contribution >= 0.6 is 23.2 Å². The first kappa shape index (κ1) is 31.6. The average Bonchev–Trinajstić information content (AvgIpc) is 3.07. The molecule has 1 aliphatic rings. The van der Waals surface area contributed by atoms with Crippen molar-refractivity contribution in [2.24, 2.45) is 0 Å². The van der Waals surface area contributed by atoms with Crippen molar-refractivity contribution < 1.29 is 14.9 Å². The molecule has 0 spiro atoms. The molecular weight excluding hydrogens is 655 g/mol. The molecule has 2 unspecified atom stereocenters. The Morgan fingerprint density at radius 2 is 1.54 bits per heavy atom. The van der Waals surface area contributed by atoms with Gasteiger partial charge in [-0.25, -0.2) is 9.59 Å². The Balaban J connectivity index is 1.24. The number of nitrogens with one attached hydrogen (secondary N) is 1. The third-order valence-electron chi connectivity index (χ3n) is 8.65. The molecule has 0 saturated carbocycles. The lowest BCUT2D eigenvalue weighted by atomic mass is 9.82. The first-order chi connectivity index (χ1) is 23.3. The van der Waals surface area contributed by atoms with Crippen LogP contribution in [-0.2, 0) is 0 Å². The molecular formula is C35H30Cl2N6O5. The number of nitrogens with zero attached hydrogens (tertiary/aromatic N) is 5. The molecule has 13 heteroatoms. The van der Waals surface area contributed by atoms with Gasteiger partial charge < -0.3 is 25.2 Å². The minimum absolute atomic E-state index is 0.0437. The van der Waals surface area contributed by atoms with Gasteiger partial charge in [0.05, 0.1) is 47.1 Å². The number of fused-ring (bicyclic) bond motifs is 2. The standard InChI is InChI=1S/C35H30Cl2N6O5/c1-38-32-31-28(16-22(37)17-30(31)48-14-13-44)43(34(46)39-32)24-10-7-20(8-11-24)26-18-41(29(26)19-45)33-25-12-9-21(36)15-27(25)42(35(47)40-33)23-5-3-2-4-6-23/h2-12,15-17,26,29,44-45H,13-14,18-19H2,1H3,(H,38,39,46). The predicted octanol–water partition coefficient (Wildman–Crippen LogP) is 4.77. The van der Waals surface area contributed by atoms with Crippen LogP contribution in [0.5, 0.6) is 5.75 Å². The van der Waals surface area contributed by atoms with Crippen LogP contribution in [0.4, 0.5) is 11.6 Å². The first-order valence-electron chi connectivity index (χ1n) is 15.3. The fourth-order valence-electron chi connectivity index (χ4n) is 6.43. The van der Waals surface area contributed by atoms with Crippen LogP contribution in [-0.4, -0.2) is 68.8 Å². The number of hydrogen-bond donors (Lipinski definition) is 3. The largest absolute Gasteiger partial charge is 0.490 e. The molecule has 244 valence electrons. The first-order valence-corrected chi connectivity index (χ1v) is 16.0. The summed E-state index contributed by atoms with van der Waals surface area (Å²) in [5, 5.41) is 24.9. The molecule has 3 N–H and O–H groups in total. The monoisotopic (exact) mass is 684 g/mol. The van der Waals surface area contributed by atoms with Gasteiger partial charge in [0.2, 0.25) is 0 Å². The van der Waals surface area contributed by atoms with Gasteiger partial charge in [0.1, 0.15) is 24.0 Å². The van der Waals surface area contributed by atoms with E-state index in [0.29, 0.717) is 61.8 Å². The average molecular weight is 686 g/mol. The molecule has 0 aliphatic carbocycles. The van der Waals surface area contributed by atoms with Crippen molar-refractivity contribution in [3.8, 4) is 17.1 Å². The lowest BCUT2D eigenvalue weighted by Crippen LogP contribution is -2.57. The van der Waals surface area contributed by atoms with Crippen molar-refractivity contribution >= 4 is 56.6 Å². The van der Waals surface area contributed by atoms with Gasteiger partial charge in [-0.15, -0.1) is 0 Å². The van der Waals surface area contributed by atoms with E-state index in [9.17, 15) is 19.8 Å². The van der Waals surface area contributed by atoms with E-state index >= 15 is 0 Å². The number of aliphatic hydroxyl groups excluding tert-OH is 2. The number of aliphatic hydroxyl groups is 2. The fourth-order valence-corrected chi connectivity index (χ4v) is 6.80. The number of rotatable bonds is 9. The van der Waals surface area contributed by atoms with Gasteiger partial charge in [-0.05, 0) is 60.2 Å². The normalized spacial score (nSPS) is 15.9. The topological polar surface area (TPSA) is 135 Å². The number of aromatic nitrogens is 4. The van der Waals surface area contributed by atoms with E-state index in [1.165, 1.54) is 9.13 Å². The Morgan fingerprint density at radius 3 is 2.25 bits per heavy atom. The summed E-state index contributed by atoms with van der Waals surface area (Å²) in [7, 11) is 1.66. The zero-order valence-electron chi connectivity index (χ0n) is 25.7. The van der Waals surface area contributed by atoms with Gasteiger partial charge in [0, 0.05) is 34.9 Å². The lowest BCUT2D eigenvalue weighted by Gasteiger charge is -2.48. The Hall–Kier alpha value is -4.94. The quantitative estimate of drug-likeness (QED) is 0.197. The number of hydrogen-bond acceptors (Lipinski definition) is 9. The highest BCUT2D eigenvalue weighted by molar-refractivity contribution is 6.32. The van der Waals surface area contributed by atoms with Crippen LogP contribution in [0.3, 0.4) is 0 Å². The van der Waals surface area contributed by atoms with E-state index in [1.54, 1.807) is 31.3 Å². The minimum atomic E-state index is -0.513. The van der Waals surface area contributed by atoms with E-state index < -0.39 is 11.4 Å². The molecule has 1 saturated heterocycles. The lowest BCUT2D eigenvalue weighted by molar-refractivity contribution is 0.203. The molecule has 48 heavy (non-hydrogen) atoms. The SMILES string of the molecule is CNc1nc(=O)n(-c2ccc(C3CN(c4nc(=O)n(-c5ccccc5)c5cc(Cl)ccc45)C3CO)cc2)c2cc(Cl)cc(OCCO)c12. The van der Waals surface area contributed by atoms with Gasteiger partial charge in [-0.2, -0.15) is 9.97 Å². The molecule has 1 fully saturated rings. The fraction of sp³-hybridized carbons (Fsp3) is 0.200. The third-order valence-corrected chi connectivity index (χ3v) is 9.11. The van der Waals surface area contributed by atoms with Crippen molar-refractivity contribution in [3.05, 3.63) is 122 Å². The van der Waals surface area contributed by atoms with E-state index in [-0.39, 0.29) is 31.8 Å². The molecule has 0 radical (unpaired) electrons. The summed E-state index contributed by atoms with van der Waals surface area (Å²) >= 11 is 12.8. The molecule has 6 aromatic rings. The maximum Gasteiger partial charge on any atom is 0.354 e. The van der Waals surface area contributed by atoms with Crippen LogP contribution in [0.15, 0.2) is 94.5 Å². The van der Waals surface area contributed by atoms with Crippen molar-refractivity contribution in [1.82, 2.24) is 19.1 Å². The highest BCUT2D eigenvalue weighted by atomic mass is 35.5. The van der Waals surface area contributed by atoms with E-state index in [0.717, 1.165) is 10.9 Å². The highest BCUT2D eigenvalue weighted by Gasteiger charge is 2.41. The zero-order valence-corrected chi connectivity index (χ0v) is 27.2. The molecule has 0 bridgehead atoms. The van der Waals surface area contributed by atoms with Gasteiger partial charge in [0.25, 0.3) is 0 Å². The van der Waals surface area contributed by atoms with Crippen molar-refractivity contribution in [3.63, 3.8) is 0 Å². The molecule has 2 atom stereocenters. The Labute approximate surface area is 284 Å². The van der Waals surface area contributed by atoms with Gasteiger partial charge >= 0.3 is 11.4 Å². The van der Waals surface area contributed by atoms with Crippen LogP contribution < -0.4 is 26.3 Å². The number of ether oxygens (including phenoxy) is 1. The predicted molar refractivity (Wildman–Crippen MR) is 188 cm³/mol. The molecule has 1 aliphatic heterocycles. The summed E-state index contributed by atoms with van der Waals surface area (Å²) in [6, 6.07) is 25.0. The van der Waals surface area contributed by atoms with Crippen LogP contribution in [0, 0.1) is 0 Å². The zero-order chi connectivity index (χ0) is 33.5. The minimum Gasteiger partial charge on any atom is -0.490 e. The molecule has 7 rings (SSSR count). The van der Waals surface area contributed by atoms with Crippen LogP contribution in [0.1, 0.15) is 11.5 Å². The molecule has 2 aromatic heterocycles. The second-order valence-corrected chi connectivity index (χ2v) is 12.2. The summed E-state index contributed by atoms with van der Waals surface area (Å²) < 4.78 is 8.73. The Morgan fingerprint density at radius 1 is 0.854 bits per heavy atom. The van der Waals surface area contributed by atoms with Crippen molar-refractivity contribution in [1.29, 1.82) is 0 Å². The van der Waals surface area contributed by atoms with E-state index in [4.69, 9.17) is 27.9 Å². The van der Waals surface area contributed by atoms with Crippen molar-refractivity contribution in [2.75, 3.05) is 43.6 Å².